The van der Waals surface area contributed by atoms with E-state index in [1.807, 2.05) is 55.5 Å². The summed E-state index contributed by atoms with van der Waals surface area (Å²) in [6.45, 7) is 5.63. The van der Waals surface area contributed by atoms with Crippen LogP contribution in [0.5, 0.6) is 5.75 Å². The molecule has 18 heavy (non-hydrogen) atoms. The molecule has 0 spiro atoms. The van der Waals surface area contributed by atoms with Gasteiger partial charge >= 0.3 is 0 Å². The summed E-state index contributed by atoms with van der Waals surface area (Å²) in [6, 6.07) is 9.77. The van der Waals surface area contributed by atoms with Crippen molar-refractivity contribution in [2.24, 2.45) is 0 Å². The van der Waals surface area contributed by atoms with Gasteiger partial charge in [0.05, 0.1) is 5.52 Å². The molecule has 0 atom stereocenters. The lowest BCUT2D eigenvalue weighted by molar-refractivity contribution is 0.449. The van der Waals surface area contributed by atoms with E-state index in [2.05, 4.69) is 11.6 Å². The Labute approximate surface area is 107 Å². The average Bonchev–Trinajstić information content (AvgIpc) is 2.40. The molecule has 2 rings (SSSR count). The van der Waals surface area contributed by atoms with Crippen molar-refractivity contribution in [2.75, 3.05) is 0 Å². The van der Waals surface area contributed by atoms with Gasteiger partial charge in [-0.1, -0.05) is 30.9 Å². The zero-order valence-electron chi connectivity index (χ0n) is 10.3. The Balaban J connectivity index is 2.42. The fourth-order valence-electron chi connectivity index (χ4n) is 1.69. The third-order valence-electron chi connectivity index (χ3n) is 2.45. The van der Waals surface area contributed by atoms with Crippen LogP contribution in [0.4, 0.5) is 0 Å². The molecule has 0 aliphatic heterocycles. The number of hydrogen-bond donors (Lipinski definition) is 0. The number of nitrogens with zero attached hydrogens (tertiary/aromatic N) is 1. The van der Waals surface area contributed by atoms with Gasteiger partial charge in [0.2, 0.25) is 0 Å². The van der Waals surface area contributed by atoms with E-state index in [0.29, 0.717) is 0 Å². The molecule has 0 radical (unpaired) electrons. The molecule has 1 aromatic heterocycles. The molecular formula is C16H15NO. The van der Waals surface area contributed by atoms with Crippen molar-refractivity contribution >= 4 is 10.9 Å². The number of benzene rings is 1. The van der Waals surface area contributed by atoms with E-state index in [0.717, 1.165) is 22.4 Å². The molecule has 2 aromatic rings. The van der Waals surface area contributed by atoms with Gasteiger partial charge in [0, 0.05) is 11.6 Å². The summed E-state index contributed by atoms with van der Waals surface area (Å²) in [4.78, 5) is 4.30. The predicted molar refractivity (Wildman–Crippen MR) is 75.5 cm³/mol. The van der Waals surface area contributed by atoms with Crippen molar-refractivity contribution in [1.82, 2.24) is 4.98 Å². The van der Waals surface area contributed by atoms with E-state index >= 15 is 0 Å². The topological polar surface area (TPSA) is 22.1 Å². The summed E-state index contributed by atoms with van der Waals surface area (Å²) in [5, 5.41) is 1.000. The summed E-state index contributed by atoms with van der Waals surface area (Å²) in [5.41, 5.74) is 0.924. The normalized spacial score (nSPS) is 11.9. The van der Waals surface area contributed by atoms with Gasteiger partial charge in [-0.2, -0.15) is 0 Å². The molecule has 2 nitrogen and oxygen atoms in total. The van der Waals surface area contributed by atoms with E-state index < -0.39 is 0 Å². The van der Waals surface area contributed by atoms with Gasteiger partial charge in [-0.15, -0.1) is 0 Å². The first-order valence-corrected chi connectivity index (χ1v) is 5.82. The van der Waals surface area contributed by atoms with Crippen molar-refractivity contribution in [2.45, 2.75) is 6.92 Å². The fraction of sp³-hybridized carbons (Fsp3) is 0.0625. The first kappa shape index (κ1) is 12.1. The predicted octanol–water partition coefficient (Wildman–Crippen LogP) is 4.26. The van der Waals surface area contributed by atoms with Gasteiger partial charge in [0.15, 0.2) is 0 Å². The zero-order valence-corrected chi connectivity index (χ0v) is 10.3. The minimum atomic E-state index is 0.754. The Hall–Kier alpha value is -2.35. The number of ether oxygens (including phenoxy) is 1. The molecule has 2 heteroatoms. The van der Waals surface area contributed by atoms with Crippen LogP contribution >= 0.6 is 0 Å². The van der Waals surface area contributed by atoms with Gasteiger partial charge in [-0.25, -0.2) is 0 Å². The van der Waals surface area contributed by atoms with Gasteiger partial charge in [0.1, 0.15) is 11.5 Å². The molecule has 90 valence electrons. The van der Waals surface area contributed by atoms with Crippen LogP contribution < -0.4 is 4.74 Å². The summed E-state index contributed by atoms with van der Waals surface area (Å²) >= 11 is 0. The number of aromatic nitrogens is 1. The van der Waals surface area contributed by atoms with Crippen LogP contribution in [0.2, 0.25) is 0 Å². The largest absolute Gasteiger partial charge is 0.457 e. The molecule has 0 N–H and O–H groups in total. The second-order valence-electron chi connectivity index (χ2n) is 3.73. The maximum atomic E-state index is 5.87. The Morgan fingerprint density at radius 3 is 2.89 bits per heavy atom. The number of fused-ring (bicyclic) bond motifs is 1. The molecule has 0 amide bonds. The molecule has 0 aliphatic carbocycles. The second kappa shape index (κ2) is 5.82. The minimum absolute atomic E-state index is 0.754. The van der Waals surface area contributed by atoms with Gasteiger partial charge in [-0.3, -0.25) is 4.98 Å². The van der Waals surface area contributed by atoms with E-state index in [-0.39, 0.29) is 0 Å². The lowest BCUT2D eigenvalue weighted by Crippen LogP contribution is -1.93. The standard InChI is InChI=1S/C16H15NO/c1-3-7-13(8-4-2)18-16-11-12-17-15-10-6-5-9-14(15)16/h3-12H,1H2,2H3/b8-4-,13-7+. The summed E-state index contributed by atoms with van der Waals surface area (Å²) in [6.07, 6.45) is 9.11. The SMILES string of the molecule is C=C/C=C(\C=C/C)Oc1ccnc2ccccc12. The van der Waals surface area contributed by atoms with Crippen LogP contribution in [0.15, 0.2) is 73.2 Å². The lowest BCUT2D eigenvalue weighted by Gasteiger charge is -2.08. The van der Waals surface area contributed by atoms with Crippen LogP contribution in [0.1, 0.15) is 6.92 Å². The first-order valence-electron chi connectivity index (χ1n) is 5.82. The van der Waals surface area contributed by atoms with Crippen LogP contribution in [0.25, 0.3) is 10.9 Å². The Kier molecular flexibility index (Phi) is 3.92. The Bertz CT molecular complexity index is 606. The van der Waals surface area contributed by atoms with Gasteiger partial charge in [0.25, 0.3) is 0 Å². The lowest BCUT2D eigenvalue weighted by atomic mass is 10.2. The van der Waals surface area contributed by atoms with Crippen LogP contribution in [-0.2, 0) is 0 Å². The number of para-hydroxylation sites is 1. The molecule has 0 unspecified atom stereocenters. The molecule has 0 saturated carbocycles. The Morgan fingerprint density at radius 1 is 1.28 bits per heavy atom. The maximum absolute atomic E-state index is 5.87. The molecular weight excluding hydrogens is 222 g/mol. The molecule has 0 bridgehead atoms. The van der Waals surface area contributed by atoms with E-state index in [4.69, 9.17) is 4.74 Å². The van der Waals surface area contributed by atoms with Crippen LogP contribution in [-0.4, -0.2) is 4.98 Å². The van der Waals surface area contributed by atoms with Crippen LogP contribution in [0.3, 0.4) is 0 Å². The highest BCUT2D eigenvalue weighted by Gasteiger charge is 2.03. The van der Waals surface area contributed by atoms with Crippen molar-refractivity contribution in [3.63, 3.8) is 0 Å². The van der Waals surface area contributed by atoms with E-state index in [1.54, 1.807) is 12.3 Å². The molecule has 0 saturated heterocycles. The van der Waals surface area contributed by atoms with E-state index in [1.165, 1.54) is 0 Å². The highest BCUT2D eigenvalue weighted by molar-refractivity contribution is 5.84. The van der Waals surface area contributed by atoms with Crippen molar-refractivity contribution in [1.29, 1.82) is 0 Å². The molecule has 1 aromatic carbocycles. The average molecular weight is 237 g/mol. The Morgan fingerprint density at radius 2 is 2.11 bits per heavy atom. The monoisotopic (exact) mass is 237 g/mol. The third kappa shape index (κ3) is 2.66. The number of rotatable bonds is 4. The fourth-order valence-corrected chi connectivity index (χ4v) is 1.69. The summed E-state index contributed by atoms with van der Waals surface area (Å²) in [5.74, 6) is 1.55. The second-order valence-corrected chi connectivity index (χ2v) is 3.73. The summed E-state index contributed by atoms with van der Waals surface area (Å²) < 4.78 is 5.87. The maximum Gasteiger partial charge on any atom is 0.138 e. The molecule has 0 fully saturated rings. The summed E-state index contributed by atoms with van der Waals surface area (Å²) in [7, 11) is 0. The number of allylic oxidation sites excluding steroid dienone is 4. The van der Waals surface area contributed by atoms with Crippen molar-refractivity contribution < 1.29 is 4.74 Å². The van der Waals surface area contributed by atoms with Gasteiger partial charge in [-0.05, 0) is 37.3 Å². The zero-order chi connectivity index (χ0) is 12.8. The highest BCUT2D eigenvalue weighted by Crippen LogP contribution is 2.25. The van der Waals surface area contributed by atoms with Crippen molar-refractivity contribution in [3.05, 3.63) is 73.2 Å². The quantitative estimate of drug-likeness (QED) is 0.585. The highest BCUT2D eigenvalue weighted by atomic mass is 16.5. The number of hydrogen-bond acceptors (Lipinski definition) is 2. The third-order valence-corrected chi connectivity index (χ3v) is 2.45. The number of pyridine rings is 1. The van der Waals surface area contributed by atoms with Crippen LogP contribution in [0, 0.1) is 0 Å². The molecule has 0 aliphatic rings. The minimum Gasteiger partial charge on any atom is -0.457 e. The molecule has 1 heterocycles. The smallest absolute Gasteiger partial charge is 0.138 e. The van der Waals surface area contributed by atoms with Gasteiger partial charge < -0.3 is 4.74 Å². The first-order chi connectivity index (χ1) is 8.85. The van der Waals surface area contributed by atoms with E-state index in [9.17, 15) is 0 Å². The van der Waals surface area contributed by atoms with Crippen molar-refractivity contribution in [3.8, 4) is 5.75 Å².